The summed E-state index contributed by atoms with van der Waals surface area (Å²) < 4.78 is 5.35. The van der Waals surface area contributed by atoms with E-state index in [9.17, 15) is 14.4 Å². The number of likely N-dealkylation sites (tertiary alicyclic amines) is 1. The maximum Gasteiger partial charge on any atom is 0.309 e. The lowest BCUT2D eigenvalue weighted by molar-refractivity contribution is -0.148. The summed E-state index contributed by atoms with van der Waals surface area (Å²) in [7, 11) is 0. The first-order valence-corrected chi connectivity index (χ1v) is 11.1. The number of nitrogens with one attached hydrogen (secondary N) is 1. The number of carbonyl (C=O) groups is 3. The van der Waals surface area contributed by atoms with Crippen LogP contribution in [0.4, 0.5) is 0 Å². The van der Waals surface area contributed by atoms with Crippen LogP contribution in [0.15, 0.2) is 72.9 Å². The highest BCUT2D eigenvalue weighted by molar-refractivity contribution is 6.09. The molecule has 0 bridgehead atoms. The first-order valence-electron chi connectivity index (χ1n) is 11.1. The molecule has 1 saturated heterocycles. The van der Waals surface area contributed by atoms with E-state index in [0.717, 1.165) is 21.7 Å². The molecule has 4 aromatic rings. The number of para-hydroxylation sites is 1. The van der Waals surface area contributed by atoms with Gasteiger partial charge in [0, 0.05) is 41.3 Å². The van der Waals surface area contributed by atoms with Gasteiger partial charge in [0.1, 0.15) is 0 Å². The van der Waals surface area contributed by atoms with Gasteiger partial charge < -0.3 is 14.6 Å². The summed E-state index contributed by atoms with van der Waals surface area (Å²) >= 11 is 0. The minimum absolute atomic E-state index is 0.0202. The van der Waals surface area contributed by atoms with Gasteiger partial charge in [0.2, 0.25) is 5.78 Å². The second-order valence-corrected chi connectivity index (χ2v) is 8.37. The number of rotatable bonds is 5. The van der Waals surface area contributed by atoms with Crippen LogP contribution < -0.4 is 0 Å². The van der Waals surface area contributed by atoms with Gasteiger partial charge in [0.15, 0.2) is 6.61 Å². The molecule has 2 heterocycles. The molecule has 0 saturated carbocycles. The number of benzene rings is 3. The summed E-state index contributed by atoms with van der Waals surface area (Å²) in [5.74, 6) is -0.935. The van der Waals surface area contributed by atoms with Crippen LogP contribution in [0.3, 0.4) is 0 Å². The van der Waals surface area contributed by atoms with Crippen LogP contribution in [0.25, 0.3) is 21.7 Å². The largest absolute Gasteiger partial charge is 0.457 e. The van der Waals surface area contributed by atoms with Crippen LogP contribution in [0, 0.1) is 5.92 Å². The van der Waals surface area contributed by atoms with Crippen LogP contribution in [0.5, 0.6) is 0 Å². The van der Waals surface area contributed by atoms with Crippen molar-refractivity contribution in [3.8, 4) is 0 Å². The van der Waals surface area contributed by atoms with Crippen LogP contribution in [0.2, 0.25) is 0 Å². The number of fused-ring (bicyclic) bond motifs is 2. The van der Waals surface area contributed by atoms with Crippen molar-refractivity contribution in [3.63, 3.8) is 0 Å². The number of Topliss-reactive ketones (excluding diaryl/α,β-unsaturated/α-hetero) is 1. The summed E-state index contributed by atoms with van der Waals surface area (Å²) in [6.45, 7) is 0.687. The van der Waals surface area contributed by atoms with Crippen molar-refractivity contribution >= 4 is 39.3 Å². The summed E-state index contributed by atoms with van der Waals surface area (Å²) in [4.78, 5) is 43.1. The zero-order valence-electron chi connectivity index (χ0n) is 18.1. The van der Waals surface area contributed by atoms with E-state index < -0.39 is 0 Å². The molecule has 3 aromatic carbocycles. The molecule has 1 fully saturated rings. The SMILES string of the molecule is O=C(COC(=O)C1CCN(C(=O)c2cccc3ccccc23)CC1)c1c[nH]c2ccccc12. The Morgan fingerprint density at radius 3 is 2.36 bits per heavy atom. The van der Waals surface area contributed by atoms with Gasteiger partial charge in [-0.2, -0.15) is 0 Å². The van der Waals surface area contributed by atoms with Crippen LogP contribution in [-0.2, 0) is 9.53 Å². The monoisotopic (exact) mass is 440 g/mol. The fraction of sp³-hybridized carbons (Fsp3) is 0.222. The standard InChI is InChI=1S/C27H24N2O4/c30-25(23-16-28-24-11-4-3-9-21(23)24)17-33-27(32)19-12-14-29(15-13-19)26(31)22-10-5-7-18-6-1-2-8-20(18)22/h1-11,16,19,28H,12-15,17H2. The van der Waals surface area contributed by atoms with E-state index in [1.807, 2.05) is 66.7 Å². The molecule has 166 valence electrons. The third-order valence-corrected chi connectivity index (χ3v) is 6.37. The van der Waals surface area contributed by atoms with Crippen molar-refractivity contribution in [2.24, 2.45) is 5.92 Å². The molecule has 1 amide bonds. The van der Waals surface area contributed by atoms with E-state index in [4.69, 9.17) is 4.74 Å². The summed E-state index contributed by atoms with van der Waals surface area (Å²) in [6.07, 6.45) is 2.70. The number of hydrogen-bond acceptors (Lipinski definition) is 4. The number of piperidine rings is 1. The van der Waals surface area contributed by atoms with Crippen LogP contribution in [-0.4, -0.2) is 47.2 Å². The number of H-pyrrole nitrogens is 1. The fourth-order valence-electron chi connectivity index (χ4n) is 4.54. The molecule has 1 aromatic heterocycles. The highest BCUT2D eigenvalue weighted by atomic mass is 16.5. The Balaban J connectivity index is 1.17. The van der Waals surface area contributed by atoms with Crippen molar-refractivity contribution in [2.45, 2.75) is 12.8 Å². The van der Waals surface area contributed by atoms with Crippen molar-refractivity contribution in [1.29, 1.82) is 0 Å². The molecule has 0 spiro atoms. The Hall–Kier alpha value is -3.93. The molecule has 1 aliphatic rings. The molecular weight excluding hydrogens is 416 g/mol. The molecule has 6 heteroatoms. The average Bonchev–Trinajstić information content (AvgIpc) is 3.31. The first kappa shape index (κ1) is 20.9. The maximum atomic E-state index is 13.1. The first-order chi connectivity index (χ1) is 16.1. The van der Waals surface area contributed by atoms with Crippen molar-refractivity contribution in [1.82, 2.24) is 9.88 Å². The third-order valence-electron chi connectivity index (χ3n) is 6.37. The number of aromatic nitrogens is 1. The average molecular weight is 440 g/mol. The number of amides is 1. The molecule has 0 unspecified atom stereocenters. The van der Waals surface area contributed by atoms with Crippen molar-refractivity contribution in [2.75, 3.05) is 19.7 Å². The minimum atomic E-state index is -0.375. The lowest BCUT2D eigenvalue weighted by atomic mass is 9.95. The molecule has 6 nitrogen and oxygen atoms in total. The number of esters is 1. The van der Waals surface area contributed by atoms with E-state index in [0.29, 0.717) is 37.1 Å². The second kappa shape index (κ2) is 8.90. The number of aromatic amines is 1. The van der Waals surface area contributed by atoms with Crippen molar-refractivity contribution in [3.05, 3.63) is 84.1 Å². The van der Waals surface area contributed by atoms with E-state index in [1.54, 1.807) is 11.1 Å². The van der Waals surface area contributed by atoms with E-state index in [1.165, 1.54) is 0 Å². The Kier molecular flexibility index (Phi) is 5.65. The number of ether oxygens (including phenoxy) is 1. The fourth-order valence-corrected chi connectivity index (χ4v) is 4.54. The summed E-state index contributed by atoms with van der Waals surface area (Å²) in [5.41, 5.74) is 2.07. The van der Waals surface area contributed by atoms with Crippen molar-refractivity contribution < 1.29 is 19.1 Å². The van der Waals surface area contributed by atoms with Gasteiger partial charge in [-0.3, -0.25) is 14.4 Å². The number of ketones is 1. The number of nitrogens with zero attached hydrogens (tertiary/aromatic N) is 1. The molecule has 1 aliphatic heterocycles. The minimum Gasteiger partial charge on any atom is -0.457 e. The zero-order valence-corrected chi connectivity index (χ0v) is 18.1. The summed E-state index contributed by atoms with van der Waals surface area (Å²) in [6, 6.07) is 21.1. The number of carbonyl (C=O) groups excluding carboxylic acids is 3. The van der Waals surface area contributed by atoms with E-state index >= 15 is 0 Å². The molecule has 33 heavy (non-hydrogen) atoms. The zero-order chi connectivity index (χ0) is 22.8. The Morgan fingerprint density at radius 2 is 1.55 bits per heavy atom. The van der Waals surface area contributed by atoms with E-state index in [-0.39, 0.29) is 30.2 Å². The van der Waals surface area contributed by atoms with Gasteiger partial charge in [-0.25, -0.2) is 0 Å². The lowest BCUT2D eigenvalue weighted by Gasteiger charge is -2.31. The quantitative estimate of drug-likeness (QED) is 0.363. The molecule has 1 N–H and O–H groups in total. The topological polar surface area (TPSA) is 79.5 Å². The molecule has 0 atom stereocenters. The van der Waals surface area contributed by atoms with Gasteiger partial charge in [-0.1, -0.05) is 54.6 Å². The van der Waals surface area contributed by atoms with Crippen LogP contribution >= 0.6 is 0 Å². The maximum absolute atomic E-state index is 13.1. The van der Waals surface area contributed by atoms with E-state index in [2.05, 4.69) is 4.98 Å². The second-order valence-electron chi connectivity index (χ2n) is 8.37. The van der Waals surface area contributed by atoms with Gasteiger partial charge in [-0.15, -0.1) is 0 Å². The molecular formula is C27H24N2O4. The highest BCUT2D eigenvalue weighted by Gasteiger charge is 2.30. The molecule has 0 radical (unpaired) electrons. The van der Waals surface area contributed by atoms with Gasteiger partial charge in [-0.05, 0) is 35.7 Å². The Labute approximate surface area is 191 Å². The Bertz CT molecular complexity index is 1340. The van der Waals surface area contributed by atoms with Gasteiger partial charge >= 0.3 is 5.97 Å². The van der Waals surface area contributed by atoms with Gasteiger partial charge in [0.25, 0.3) is 5.91 Å². The molecule has 5 rings (SSSR count). The predicted molar refractivity (Wildman–Crippen MR) is 126 cm³/mol. The highest BCUT2D eigenvalue weighted by Crippen LogP contribution is 2.24. The Morgan fingerprint density at radius 1 is 0.848 bits per heavy atom. The van der Waals surface area contributed by atoms with Crippen LogP contribution in [0.1, 0.15) is 33.6 Å². The third kappa shape index (κ3) is 4.12. The normalized spacial score (nSPS) is 14.5. The predicted octanol–water partition coefficient (Wildman–Crippen LogP) is 4.60. The molecule has 0 aliphatic carbocycles. The smallest absolute Gasteiger partial charge is 0.309 e. The van der Waals surface area contributed by atoms with Gasteiger partial charge in [0.05, 0.1) is 5.92 Å². The lowest BCUT2D eigenvalue weighted by Crippen LogP contribution is -2.40. The summed E-state index contributed by atoms with van der Waals surface area (Å²) in [5, 5.41) is 2.78. The number of hydrogen-bond donors (Lipinski definition) is 1.